The lowest BCUT2D eigenvalue weighted by Crippen LogP contribution is -1.98. The molecule has 0 spiro atoms. The lowest BCUT2D eigenvalue weighted by atomic mass is 10.6. The quantitative estimate of drug-likeness (QED) is 0.837. The van der Waals surface area contributed by atoms with Gasteiger partial charge in [-0.1, -0.05) is 0 Å². The van der Waals surface area contributed by atoms with Crippen molar-refractivity contribution in [2.75, 3.05) is 12.4 Å². The normalized spacial score (nSPS) is 10.3. The second-order valence-corrected chi connectivity index (χ2v) is 4.63. The summed E-state index contributed by atoms with van der Waals surface area (Å²) in [4.78, 5) is 11.8. The number of aromatic nitrogens is 3. The molecule has 0 saturated heterocycles. The molecule has 2 aromatic heterocycles. The van der Waals surface area contributed by atoms with E-state index in [1.807, 2.05) is 5.38 Å². The fourth-order valence-corrected chi connectivity index (χ4v) is 2.40. The minimum atomic E-state index is -0.436. The maximum atomic E-state index is 13.3. The highest BCUT2D eigenvalue weighted by molar-refractivity contribution is 8.01. The van der Waals surface area contributed by atoms with Crippen molar-refractivity contribution in [3.05, 3.63) is 23.6 Å². The first kappa shape index (κ1) is 10.3. The third-order valence-corrected chi connectivity index (χ3v) is 3.39. The molecule has 0 amide bonds. The summed E-state index contributed by atoms with van der Waals surface area (Å²) >= 11 is 2.64. The highest BCUT2D eigenvalue weighted by Gasteiger charge is 2.09. The zero-order chi connectivity index (χ0) is 10.7. The van der Waals surface area contributed by atoms with Crippen LogP contribution in [-0.4, -0.2) is 22.0 Å². The van der Waals surface area contributed by atoms with Gasteiger partial charge in [-0.3, -0.25) is 0 Å². The summed E-state index contributed by atoms with van der Waals surface area (Å²) in [5.74, 6) is -0.0374. The van der Waals surface area contributed by atoms with Gasteiger partial charge >= 0.3 is 0 Å². The lowest BCUT2D eigenvalue weighted by molar-refractivity contribution is 0.580. The molecule has 0 aromatic carbocycles. The maximum absolute atomic E-state index is 13.3. The Balaban J connectivity index is 2.27. The Bertz CT molecular complexity index is 446. The van der Waals surface area contributed by atoms with E-state index in [1.165, 1.54) is 23.1 Å². The molecule has 4 nitrogen and oxygen atoms in total. The molecular weight excluding hydrogens is 235 g/mol. The fraction of sp³-hybridized carbons (Fsp3) is 0.125. The molecule has 0 atom stereocenters. The molecule has 78 valence electrons. The Kier molecular flexibility index (Phi) is 3.12. The van der Waals surface area contributed by atoms with Crippen LogP contribution in [0.4, 0.5) is 10.3 Å². The van der Waals surface area contributed by atoms with Gasteiger partial charge in [-0.2, -0.15) is 0 Å². The van der Waals surface area contributed by atoms with Crippen LogP contribution in [0.3, 0.4) is 0 Å². The van der Waals surface area contributed by atoms with Crippen LogP contribution < -0.4 is 5.32 Å². The highest BCUT2D eigenvalue weighted by Crippen LogP contribution is 2.29. The van der Waals surface area contributed by atoms with Crippen molar-refractivity contribution in [1.82, 2.24) is 15.0 Å². The molecule has 0 radical (unpaired) electrons. The number of halogens is 1. The first-order valence-electron chi connectivity index (χ1n) is 4.07. The van der Waals surface area contributed by atoms with Crippen molar-refractivity contribution in [1.29, 1.82) is 0 Å². The van der Waals surface area contributed by atoms with E-state index in [0.717, 1.165) is 10.5 Å². The number of anilines is 1. The summed E-state index contributed by atoms with van der Waals surface area (Å²) < 4.78 is 14.1. The molecule has 0 saturated carbocycles. The maximum Gasteiger partial charge on any atom is 0.223 e. The van der Waals surface area contributed by atoms with Crippen LogP contribution in [0.5, 0.6) is 0 Å². The molecule has 0 aliphatic rings. The number of hydrogen-bond acceptors (Lipinski definition) is 6. The number of thiazole rings is 1. The molecule has 0 unspecified atom stereocenters. The SMILES string of the molecule is CNc1ncc(F)c(Sc2nccs2)n1. The van der Waals surface area contributed by atoms with Gasteiger partial charge in [-0.05, 0) is 11.8 Å². The molecule has 1 N–H and O–H groups in total. The Hall–Kier alpha value is -1.21. The fourth-order valence-electron chi connectivity index (χ4n) is 0.887. The van der Waals surface area contributed by atoms with Crippen LogP contribution in [0, 0.1) is 5.82 Å². The lowest BCUT2D eigenvalue weighted by Gasteiger charge is -2.01. The van der Waals surface area contributed by atoms with Crippen LogP contribution in [-0.2, 0) is 0 Å². The van der Waals surface area contributed by atoms with E-state index in [4.69, 9.17) is 0 Å². The summed E-state index contributed by atoms with van der Waals surface area (Å²) in [6.45, 7) is 0. The van der Waals surface area contributed by atoms with Crippen LogP contribution in [0.2, 0.25) is 0 Å². The standard InChI is InChI=1S/C8H7FN4S2/c1-10-7-12-4-5(9)6(13-7)15-8-11-2-3-14-8/h2-4H,1H3,(H,10,12,13). The molecular formula is C8H7FN4S2. The third-order valence-electron chi connectivity index (χ3n) is 1.53. The monoisotopic (exact) mass is 242 g/mol. The predicted octanol–water partition coefficient (Wildman–Crippen LogP) is 2.27. The summed E-state index contributed by atoms with van der Waals surface area (Å²) in [7, 11) is 1.69. The van der Waals surface area contributed by atoms with Crippen LogP contribution in [0.15, 0.2) is 27.1 Å². The molecule has 15 heavy (non-hydrogen) atoms. The summed E-state index contributed by atoms with van der Waals surface area (Å²) in [6.07, 6.45) is 2.82. The minimum absolute atomic E-state index is 0.282. The zero-order valence-electron chi connectivity index (χ0n) is 7.77. The number of rotatable bonds is 3. The van der Waals surface area contributed by atoms with E-state index in [0.29, 0.717) is 5.95 Å². The van der Waals surface area contributed by atoms with E-state index in [1.54, 1.807) is 13.2 Å². The average Bonchev–Trinajstić information content (AvgIpc) is 2.74. The van der Waals surface area contributed by atoms with E-state index >= 15 is 0 Å². The van der Waals surface area contributed by atoms with Gasteiger partial charge in [0.1, 0.15) is 5.03 Å². The Morgan fingerprint density at radius 3 is 3.00 bits per heavy atom. The molecule has 0 bridgehead atoms. The minimum Gasteiger partial charge on any atom is -0.357 e. The largest absolute Gasteiger partial charge is 0.357 e. The van der Waals surface area contributed by atoms with Gasteiger partial charge in [-0.15, -0.1) is 11.3 Å². The molecule has 0 aliphatic heterocycles. The molecule has 0 aliphatic carbocycles. The van der Waals surface area contributed by atoms with Crippen molar-refractivity contribution < 1.29 is 4.39 Å². The summed E-state index contributed by atoms with van der Waals surface area (Å²) in [6, 6.07) is 0. The highest BCUT2D eigenvalue weighted by atomic mass is 32.2. The topological polar surface area (TPSA) is 50.7 Å². The van der Waals surface area contributed by atoms with Crippen molar-refractivity contribution in [3.63, 3.8) is 0 Å². The Morgan fingerprint density at radius 1 is 1.47 bits per heavy atom. The molecule has 2 rings (SSSR count). The Morgan fingerprint density at radius 2 is 2.33 bits per heavy atom. The molecule has 7 heteroatoms. The smallest absolute Gasteiger partial charge is 0.223 e. The molecule has 0 fully saturated rings. The second kappa shape index (κ2) is 4.54. The van der Waals surface area contributed by atoms with E-state index in [9.17, 15) is 4.39 Å². The van der Waals surface area contributed by atoms with Crippen molar-refractivity contribution >= 4 is 29.0 Å². The summed E-state index contributed by atoms with van der Waals surface area (Å²) in [5.41, 5.74) is 0. The van der Waals surface area contributed by atoms with Crippen LogP contribution in [0.25, 0.3) is 0 Å². The van der Waals surface area contributed by atoms with E-state index in [2.05, 4.69) is 20.3 Å². The van der Waals surface area contributed by atoms with Crippen molar-refractivity contribution in [3.8, 4) is 0 Å². The first-order chi connectivity index (χ1) is 7.29. The number of nitrogens with one attached hydrogen (secondary N) is 1. The van der Waals surface area contributed by atoms with Crippen molar-refractivity contribution in [2.24, 2.45) is 0 Å². The van der Waals surface area contributed by atoms with E-state index < -0.39 is 5.82 Å². The van der Waals surface area contributed by atoms with Gasteiger partial charge < -0.3 is 5.32 Å². The van der Waals surface area contributed by atoms with Gasteiger partial charge in [0.15, 0.2) is 10.2 Å². The average molecular weight is 242 g/mol. The van der Waals surface area contributed by atoms with Gasteiger partial charge in [0.05, 0.1) is 6.20 Å². The number of hydrogen-bond donors (Lipinski definition) is 1. The third kappa shape index (κ3) is 2.42. The van der Waals surface area contributed by atoms with Crippen LogP contribution in [0.1, 0.15) is 0 Å². The van der Waals surface area contributed by atoms with Gasteiger partial charge in [0.25, 0.3) is 0 Å². The molecule has 2 aromatic rings. The van der Waals surface area contributed by atoms with Gasteiger partial charge in [0.2, 0.25) is 5.95 Å². The second-order valence-electron chi connectivity index (χ2n) is 2.50. The van der Waals surface area contributed by atoms with Crippen molar-refractivity contribution in [2.45, 2.75) is 9.37 Å². The van der Waals surface area contributed by atoms with Crippen LogP contribution >= 0.6 is 23.1 Å². The van der Waals surface area contributed by atoms with Gasteiger partial charge in [-0.25, -0.2) is 19.3 Å². The number of nitrogens with zero attached hydrogens (tertiary/aromatic N) is 3. The van der Waals surface area contributed by atoms with Gasteiger partial charge in [0, 0.05) is 18.6 Å². The zero-order valence-corrected chi connectivity index (χ0v) is 9.40. The molecule has 2 heterocycles. The summed E-state index contributed by atoms with van der Waals surface area (Å²) in [5, 5.41) is 4.87. The predicted molar refractivity (Wildman–Crippen MR) is 57.8 cm³/mol. The Labute approximate surface area is 94.0 Å². The van der Waals surface area contributed by atoms with E-state index in [-0.39, 0.29) is 5.03 Å². The first-order valence-corrected chi connectivity index (χ1v) is 5.77.